The van der Waals surface area contributed by atoms with E-state index in [0.717, 1.165) is 30.1 Å². The summed E-state index contributed by atoms with van der Waals surface area (Å²) in [6.45, 7) is 3.66. The van der Waals surface area contributed by atoms with Gasteiger partial charge in [-0.15, -0.1) is 0 Å². The number of hydrogen-bond acceptors (Lipinski definition) is 5. The minimum atomic E-state index is 0.139. The van der Waals surface area contributed by atoms with Crippen LogP contribution in [-0.2, 0) is 0 Å². The van der Waals surface area contributed by atoms with Crippen molar-refractivity contribution in [2.45, 2.75) is 13.3 Å². The standard InChI is InChI=1S/C10H17N3OS2/c1-4-7(11-5-6-13(2)3)8-9(14)12-10(15)16-8/h14H,4-6H2,1-3H3,(H,12,15). The lowest BCUT2D eigenvalue weighted by Crippen LogP contribution is -2.16. The van der Waals surface area contributed by atoms with Gasteiger partial charge >= 0.3 is 0 Å². The largest absolute Gasteiger partial charge is 0.493 e. The molecule has 0 fully saturated rings. The molecule has 0 aliphatic rings. The highest BCUT2D eigenvalue weighted by atomic mass is 32.1. The number of aromatic nitrogens is 1. The molecule has 0 saturated heterocycles. The fourth-order valence-electron chi connectivity index (χ4n) is 1.24. The molecule has 0 bridgehead atoms. The topological polar surface area (TPSA) is 51.6 Å². The van der Waals surface area contributed by atoms with Gasteiger partial charge in [0, 0.05) is 6.54 Å². The summed E-state index contributed by atoms with van der Waals surface area (Å²) in [6, 6.07) is 0. The van der Waals surface area contributed by atoms with E-state index in [1.807, 2.05) is 21.0 Å². The number of nitrogens with one attached hydrogen (secondary N) is 1. The third-order valence-corrected chi connectivity index (χ3v) is 3.35. The van der Waals surface area contributed by atoms with E-state index in [0.29, 0.717) is 3.95 Å². The Labute approximate surface area is 105 Å². The zero-order valence-corrected chi connectivity index (χ0v) is 11.4. The van der Waals surface area contributed by atoms with E-state index < -0.39 is 0 Å². The lowest BCUT2D eigenvalue weighted by atomic mass is 10.2. The molecule has 16 heavy (non-hydrogen) atoms. The van der Waals surface area contributed by atoms with Crippen molar-refractivity contribution in [1.82, 2.24) is 9.88 Å². The first kappa shape index (κ1) is 13.3. The van der Waals surface area contributed by atoms with E-state index in [9.17, 15) is 5.11 Å². The second-order valence-corrected chi connectivity index (χ2v) is 5.36. The van der Waals surface area contributed by atoms with Gasteiger partial charge in [0.2, 0.25) is 5.88 Å². The van der Waals surface area contributed by atoms with Gasteiger partial charge in [-0.1, -0.05) is 18.3 Å². The van der Waals surface area contributed by atoms with Crippen molar-refractivity contribution >= 4 is 29.3 Å². The van der Waals surface area contributed by atoms with Gasteiger partial charge in [0.25, 0.3) is 0 Å². The monoisotopic (exact) mass is 259 g/mol. The average Bonchev–Trinajstić information content (AvgIpc) is 2.52. The minimum absolute atomic E-state index is 0.139. The highest BCUT2D eigenvalue weighted by Crippen LogP contribution is 2.23. The van der Waals surface area contributed by atoms with Gasteiger partial charge in [-0.25, -0.2) is 0 Å². The Hall–Kier alpha value is -0.720. The smallest absolute Gasteiger partial charge is 0.209 e. The van der Waals surface area contributed by atoms with Crippen LogP contribution in [0.15, 0.2) is 4.99 Å². The third kappa shape index (κ3) is 3.70. The van der Waals surface area contributed by atoms with E-state index in [1.165, 1.54) is 11.3 Å². The highest BCUT2D eigenvalue weighted by molar-refractivity contribution is 7.73. The number of aromatic hydroxyl groups is 1. The van der Waals surface area contributed by atoms with Crippen LogP contribution in [0.25, 0.3) is 0 Å². The van der Waals surface area contributed by atoms with Crippen LogP contribution in [0.5, 0.6) is 5.88 Å². The molecule has 90 valence electrons. The molecule has 0 amide bonds. The van der Waals surface area contributed by atoms with Crippen molar-refractivity contribution < 1.29 is 5.11 Å². The third-order valence-electron chi connectivity index (χ3n) is 2.08. The summed E-state index contributed by atoms with van der Waals surface area (Å²) in [5.74, 6) is 0.139. The Morgan fingerprint density at radius 2 is 2.25 bits per heavy atom. The molecule has 0 unspecified atom stereocenters. The number of aliphatic imine (C=N–C) groups is 1. The van der Waals surface area contributed by atoms with Crippen LogP contribution in [0, 0.1) is 3.95 Å². The van der Waals surface area contributed by atoms with Crippen LogP contribution in [0.3, 0.4) is 0 Å². The van der Waals surface area contributed by atoms with Gasteiger partial charge in [-0.2, -0.15) is 0 Å². The molecule has 4 nitrogen and oxygen atoms in total. The predicted molar refractivity (Wildman–Crippen MR) is 71.4 cm³/mol. The normalized spacial score (nSPS) is 12.4. The lowest BCUT2D eigenvalue weighted by molar-refractivity contribution is 0.420. The molecule has 1 aromatic rings. The van der Waals surface area contributed by atoms with Crippen molar-refractivity contribution in [2.75, 3.05) is 27.2 Å². The van der Waals surface area contributed by atoms with Crippen LogP contribution in [0.4, 0.5) is 0 Å². The second-order valence-electron chi connectivity index (χ2n) is 3.68. The van der Waals surface area contributed by atoms with Crippen LogP contribution in [0.1, 0.15) is 18.2 Å². The maximum Gasteiger partial charge on any atom is 0.209 e. The fourth-order valence-corrected chi connectivity index (χ4v) is 2.40. The van der Waals surface area contributed by atoms with Crippen molar-refractivity contribution in [2.24, 2.45) is 4.99 Å². The Kier molecular flexibility index (Phi) is 5.11. The number of H-pyrrole nitrogens is 1. The van der Waals surface area contributed by atoms with Crippen molar-refractivity contribution in [3.8, 4) is 5.88 Å². The molecule has 0 spiro atoms. The summed E-state index contributed by atoms with van der Waals surface area (Å²) < 4.78 is 0.584. The summed E-state index contributed by atoms with van der Waals surface area (Å²) in [5.41, 5.74) is 0.914. The van der Waals surface area contributed by atoms with E-state index >= 15 is 0 Å². The first-order valence-electron chi connectivity index (χ1n) is 5.15. The first-order chi connectivity index (χ1) is 7.54. The zero-order chi connectivity index (χ0) is 12.1. The van der Waals surface area contributed by atoms with Gasteiger partial charge in [-0.3, -0.25) is 4.99 Å². The second kappa shape index (κ2) is 6.12. The summed E-state index contributed by atoms with van der Waals surface area (Å²) in [6.07, 6.45) is 0.796. The fraction of sp³-hybridized carbons (Fsp3) is 0.600. The SMILES string of the molecule is CCC(=NCCN(C)C)c1sc(=S)[nH]c1O. The summed E-state index contributed by atoms with van der Waals surface area (Å²) in [7, 11) is 4.03. The van der Waals surface area contributed by atoms with Gasteiger partial charge in [0.15, 0.2) is 3.95 Å². The molecule has 0 atom stereocenters. The van der Waals surface area contributed by atoms with Crippen molar-refractivity contribution in [3.05, 3.63) is 8.83 Å². The van der Waals surface area contributed by atoms with Crippen LogP contribution < -0.4 is 0 Å². The number of nitrogens with zero attached hydrogens (tertiary/aromatic N) is 2. The minimum Gasteiger partial charge on any atom is -0.493 e. The van der Waals surface area contributed by atoms with E-state index in [2.05, 4.69) is 14.9 Å². The van der Waals surface area contributed by atoms with Crippen LogP contribution in [-0.4, -0.2) is 47.9 Å². The predicted octanol–water partition coefficient (Wildman–Crippen LogP) is 2.27. The zero-order valence-electron chi connectivity index (χ0n) is 9.78. The van der Waals surface area contributed by atoms with E-state index in [-0.39, 0.29) is 5.88 Å². The molecule has 6 heteroatoms. The van der Waals surface area contributed by atoms with Crippen molar-refractivity contribution in [3.63, 3.8) is 0 Å². The molecule has 1 rings (SSSR count). The Bertz CT molecular complexity index is 420. The molecule has 0 saturated carbocycles. The molecule has 1 aromatic heterocycles. The summed E-state index contributed by atoms with van der Waals surface area (Å²) >= 11 is 6.35. The highest BCUT2D eigenvalue weighted by Gasteiger charge is 2.10. The molecule has 0 radical (unpaired) electrons. The summed E-state index contributed by atoms with van der Waals surface area (Å²) in [5, 5.41) is 9.64. The van der Waals surface area contributed by atoms with Crippen LogP contribution in [0.2, 0.25) is 0 Å². The van der Waals surface area contributed by atoms with Gasteiger partial charge in [0.1, 0.15) is 4.88 Å². The van der Waals surface area contributed by atoms with Gasteiger partial charge < -0.3 is 15.0 Å². The number of likely N-dealkylation sites (N-methyl/N-ethyl adjacent to an activating group) is 1. The van der Waals surface area contributed by atoms with E-state index in [1.54, 1.807) is 0 Å². The molecule has 0 aromatic carbocycles. The van der Waals surface area contributed by atoms with Gasteiger partial charge in [-0.05, 0) is 32.7 Å². The maximum atomic E-state index is 9.64. The first-order valence-corrected chi connectivity index (χ1v) is 6.37. The number of hydrogen-bond donors (Lipinski definition) is 2. The molecular weight excluding hydrogens is 242 g/mol. The van der Waals surface area contributed by atoms with Crippen molar-refractivity contribution in [1.29, 1.82) is 0 Å². The Morgan fingerprint density at radius 1 is 1.56 bits per heavy atom. The molecule has 0 aliphatic carbocycles. The number of thiazole rings is 1. The quantitative estimate of drug-likeness (QED) is 0.630. The number of aromatic amines is 1. The molecular formula is C10H17N3OS2. The Morgan fingerprint density at radius 3 is 2.69 bits per heavy atom. The molecule has 2 N–H and O–H groups in total. The summed E-state index contributed by atoms with van der Waals surface area (Å²) in [4.78, 5) is 10.1. The number of rotatable bonds is 5. The average molecular weight is 259 g/mol. The lowest BCUT2D eigenvalue weighted by Gasteiger charge is -2.07. The van der Waals surface area contributed by atoms with E-state index in [4.69, 9.17) is 12.2 Å². The maximum absolute atomic E-state index is 9.64. The van der Waals surface area contributed by atoms with Crippen LogP contribution >= 0.6 is 23.6 Å². The molecule has 1 heterocycles. The van der Waals surface area contributed by atoms with Gasteiger partial charge in [0.05, 0.1) is 12.3 Å². The molecule has 0 aliphatic heterocycles. The Balaban J connectivity index is 2.81.